The van der Waals surface area contributed by atoms with E-state index in [1.165, 1.54) is 22.5 Å². The van der Waals surface area contributed by atoms with E-state index in [0.29, 0.717) is 19.1 Å². The molecule has 1 saturated carbocycles. The van der Waals surface area contributed by atoms with Crippen molar-refractivity contribution < 1.29 is 17.6 Å². The lowest BCUT2D eigenvalue weighted by molar-refractivity contribution is -0.122. The van der Waals surface area contributed by atoms with Gasteiger partial charge in [0.25, 0.3) is 0 Å². The standard InChI is InChI=1S/C15H20FN3O3S/c16-13-3-1-2-4-14(13)23(21,22)19-9-7-18(8-10-19)11-15(20)17-12-5-6-12/h1-4,12H,5-11H2,(H,17,20). The van der Waals surface area contributed by atoms with Crippen molar-refractivity contribution in [2.45, 2.75) is 23.8 Å². The number of nitrogens with zero attached hydrogens (tertiary/aromatic N) is 2. The van der Waals surface area contributed by atoms with Crippen LogP contribution in [0.1, 0.15) is 12.8 Å². The number of amides is 1. The van der Waals surface area contributed by atoms with Gasteiger partial charge in [0.05, 0.1) is 6.54 Å². The van der Waals surface area contributed by atoms with Crippen molar-refractivity contribution in [3.63, 3.8) is 0 Å². The van der Waals surface area contributed by atoms with Gasteiger partial charge in [-0.15, -0.1) is 0 Å². The van der Waals surface area contributed by atoms with Gasteiger partial charge in [-0.05, 0) is 25.0 Å². The molecular weight excluding hydrogens is 321 g/mol. The normalized spacial score (nSPS) is 20.4. The van der Waals surface area contributed by atoms with Crippen LogP contribution in [-0.2, 0) is 14.8 Å². The van der Waals surface area contributed by atoms with E-state index in [2.05, 4.69) is 5.32 Å². The summed E-state index contributed by atoms with van der Waals surface area (Å²) in [4.78, 5) is 13.4. The van der Waals surface area contributed by atoms with E-state index >= 15 is 0 Å². The molecule has 3 rings (SSSR count). The van der Waals surface area contributed by atoms with E-state index in [9.17, 15) is 17.6 Å². The Morgan fingerprint density at radius 3 is 2.43 bits per heavy atom. The lowest BCUT2D eigenvalue weighted by Crippen LogP contribution is -2.51. The average Bonchev–Trinajstić information content (AvgIpc) is 3.32. The quantitative estimate of drug-likeness (QED) is 0.842. The molecule has 23 heavy (non-hydrogen) atoms. The van der Waals surface area contributed by atoms with Gasteiger partial charge in [-0.3, -0.25) is 9.69 Å². The van der Waals surface area contributed by atoms with Crippen LogP contribution < -0.4 is 5.32 Å². The summed E-state index contributed by atoms with van der Waals surface area (Å²) in [5.41, 5.74) is 0. The van der Waals surface area contributed by atoms with E-state index in [1.54, 1.807) is 0 Å². The van der Waals surface area contributed by atoms with Crippen molar-refractivity contribution >= 4 is 15.9 Å². The molecule has 1 heterocycles. The highest BCUT2D eigenvalue weighted by molar-refractivity contribution is 7.89. The van der Waals surface area contributed by atoms with Crippen LogP contribution in [0, 0.1) is 5.82 Å². The second-order valence-corrected chi connectivity index (χ2v) is 7.86. The van der Waals surface area contributed by atoms with Crippen molar-refractivity contribution in [3.05, 3.63) is 30.1 Å². The Morgan fingerprint density at radius 1 is 1.17 bits per heavy atom. The molecule has 2 aliphatic rings. The van der Waals surface area contributed by atoms with Crippen LogP contribution in [-0.4, -0.2) is 62.3 Å². The molecule has 126 valence electrons. The number of rotatable bonds is 5. The maximum Gasteiger partial charge on any atom is 0.246 e. The lowest BCUT2D eigenvalue weighted by Gasteiger charge is -2.33. The highest BCUT2D eigenvalue weighted by atomic mass is 32.2. The maximum absolute atomic E-state index is 13.7. The second kappa shape index (κ2) is 6.54. The molecule has 1 saturated heterocycles. The topological polar surface area (TPSA) is 69.7 Å². The largest absolute Gasteiger partial charge is 0.352 e. The van der Waals surface area contributed by atoms with E-state index in [1.807, 2.05) is 4.90 Å². The van der Waals surface area contributed by atoms with Gasteiger partial charge >= 0.3 is 0 Å². The molecule has 1 aliphatic carbocycles. The molecule has 8 heteroatoms. The van der Waals surface area contributed by atoms with E-state index in [4.69, 9.17) is 0 Å². The number of nitrogens with one attached hydrogen (secondary N) is 1. The second-order valence-electron chi connectivity index (χ2n) is 5.95. The predicted molar refractivity (Wildman–Crippen MR) is 82.8 cm³/mol. The Labute approximate surface area is 135 Å². The van der Waals surface area contributed by atoms with Crippen molar-refractivity contribution in [1.82, 2.24) is 14.5 Å². The fraction of sp³-hybridized carbons (Fsp3) is 0.533. The summed E-state index contributed by atoms with van der Waals surface area (Å²) in [6.07, 6.45) is 2.08. The maximum atomic E-state index is 13.7. The average molecular weight is 341 g/mol. The van der Waals surface area contributed by atoms with Crippen LogP contribution in [0.25, 0.3) is 0 Å². The Balaban J connectivity index is 1.57. The summed E-state index contributed by atoms with van der Waals surface area (Å²) >= 11 is 0. The highest BCUT2D eigenvalue weighted by Gasteiger charge is 2.31. The molecule has 1 N–H and O–H groups in total. The molecule has 1 aromatic rings. The Morgan fingerprint density at radius 2 is 1.83 bits per heavy atom. The number of carbonyl (C=O) groups excluding carboxylic acids is 1. The number of carbonyl (C=O) groups is 1. The number of halogens is 1. The van der Waals surface area contributed by atoms with E-state index < -0.39 is 15.8 Å². The Kier molecular flexibility index (Phi) is 4.65. The van der Waals surface area contributed by atoms with Crippen LogP contribution in [0.4, 0.5) is 4.39 Å². The predicted octanol–water partition coefficient (Wildman–Crippen LogP) is 0.411. The Bertz CT molecular complexity index is 683. The van der Waals surface area contributed by atoms with Crippen molar-refractivity contribution in [1.29, 1.82) is 0 Å². The van der Waals surface area contributed by atoms with E-state index in [-0.39, 0.29) is 30.4 Å². The first-order chi connectivity index (χ1) is 11.0. The van der Waals surface area contributed by atoms with Crippen LogP contribution in [0.2, 0.25) is 0 Å². The molecule has 0 spiro atoms. The third-order valence-electron chi connectivity index (χ3n) is 4.10. The first kappa shape index (κ1) is 16.4. The van der Waals surface area contributed by atoms with Gasteiger partial charge in [-0.25, -0.2) is 12.8 Å². The molecule has 1 aliphatic heterocycles. The SMILES string of the molecule is O=C(CN1CCN(S(=O)(=O)c2ccccc2F)CC1)NC1CC1. The summed E-state index contributed by atoms with van der Waals surface area (Å²) in [5.74, 6) is -0.753. The number of sulfonamides is 1. The molecular formula is C15H20FN3O3S. The monoisotopic (exact) mass is 341 g/mol. The first-order valence-corrected chi connectivity index (χ1v) is 9.17. The fourth-order valence-electron chi connectivity index (χ4n) is 2.63. The minimum atomic E-state index is -3.82. The lowest BCUT2D eigenvalue weighted by atomic mass is 10.3. The van der Waals surface area contributed by atoms with Gasteiger partial charge in [-0.2, -0.15) is 4.31 Å². The number of benzene rings is 1. The van der Waals surface area contributed by atoms with E-state index in [0.717, 1.165) is 18.9 Å². The van der Waals surface area contributed by atoms with Gasteiger partial charge in [0.2, 0.25) is 15.9 Å². The van der Waals surface area contributed by atoms with Crippen molar-refractivity contribution in [2.75, 3.05) is 32.7 Å². The van der Waals surface area contributed by atoms with Crippen molar-refractivity contribution in [3.8, 4) is 0 Å². The molecule has 0 atom stereocenters. The molecule has 0 aromatic heterocycles. The smallest absolute Gasteiger partial charge is 0.246 e. The minimum Gasteiger partial charge on any atom is -0.352 e. The van der Waals surface area contributed by atoms with Crippen LogP contribution >= 0.6 is 0 Å². The van der Waals surface area contributed by atoms with Gasteiger partial charge in [0, 0.05) is 32.2 Å². The van der Waals surface area contributed by atoms with Gasteiger partial charge < -0.3 is 5.32 Å². The molecule has 2 fully saturated rings. The molecule has 1 amide bonds. The van der Waals surface area contributed by atoms with Crippen LogP contribution in [0.3, 0.4) is 0 Å². The molecule has 0 unspecified atom stereocenters. The highest BCUT2D eigenvalue weighted by Crippen LogP contribution is 2.21. The molecule has 0 bridgehead atoms. The van der Waals surface area contributed by atoms with Gasteiger partial charge in [-0.1, -0.05) is 12.1 Å². The third kappa shape index (κ3) is 3.88. The minimum absolute atomic E-state index is 0.0158. The summed E-state index contributed by atoms with van der Waals surface area (Å²) in [7, 11) is -3.82. The molecule has 1 aromatic carbocycles. The summed E-state index contributed by atoms with van der Waals surface area (Å²) in [6, 6.07) is 5.72. The zero-order valence-electron chi connectivity index (χ0n) is 12.7. The third-order valence-corrected chi connectivity index (χ3v) is 6.03. The fourth-order valence-corrected chi connectivity index (χ4v) is 4.11. The number of hydrogen-bond donors (Lipinski definition) is 1. The first-order valence-electron chi connectivity index (χ1n) is 7.73. The summed E-state index contributed by atoms with van der Waals surface area (Å²) in [6.45, 7) is 1.72. The molecule has 6 nitrogen and oxygen atoms in total. The zero-order chi connectivity index (χ0) is 16.4. The summed E-state index contributed by atoms with van der Waals surface area (Å²) < 4.78 is 40.0. The number of hydrogen-bond acceptors (Lipinski definition) is 4. The summed E-state index contributed by atoms with van der Waals surface area (Å²) in [5, 5.41) is 2.91. The van der Waals surface area contributed by atoms with Crippen LogP contribution in [0.15, 0.2) is 29.2 Å². The van der Waals surface area contributed by atoms with Gasteiger partial charge in [0.15, 0.2) is 0 Å². The molecule has 0 radical (unpaired) electrons. The zero-order valence-corrected chi connectivity index (χ0v) is 13.6. The number of piperazine rings is 1. The van der Waals surface area contributed by atoms with Gasteiger partial charge in [0.1, 0.15) is 10.7 Å². The van der Waals surface area contributed by atoms with Crippen LogP contribution in [0.5, 0.6) is 0 Å². The van der Waals surface area contributed by atoms with Crippen molar-refractivity contribution in [2.24, 2.45) is 0 Å². The Hall–Kier alpha value is -1.51.